The zero-order valence-corrected chi connectivity index (χ0v) is 20.3. The molecule has 0 bridgehead atoms. The zero-order chi connectivity index (χ0) is 24.0. The average Bonchev–Trinajstić information content (AvgIpc) is 2.93. The molecule has 0 radical (unpaired) electrons. The van der Waals surface area contributed by atoms with Gasteiger partial charge in [-0.25, -0.2) is 9.97 Å². The third-order valence-corrected chi connectivity index (χ3v) is 6.77. The lowest BCUT2D eigenvalue weighted by Crippen LogP contribution is -2.27. The number of thioether (sulfide) groups is 1. The molecule has 4 nitrogen and oxygen atoms in total. The van der Waals surface area contributed by atoms with Crippen molar-refractivity contribution < 1.29 is 4.79 Å². The van der Waals surface area contributed by atoms with Gasteiger partial charge in [-0.2, -0.15) is 0 Å². The van der Waals surface area contributed by atoms with E-state index in [2.05, 4.69) is 13.0 Å². The van der Waals surface area contributed by atoms with Crippen molar-refractivity contribution in [3.63, 3.8) is 0 Å². The molecular weight excluding hydrogens is 450 g/mol. The van der Waals surface area contributed by atoms with Crippen LogP contribution < -0.4 is 4.90 Å². The minimum absolute atomic E-state index is 0.00734. The largest absolute Gasteiger partial charge is 0.280 e. The van der Waals surface area contributed by atoms with E-state index < -0.39 is 0 Å². The summed E-state index contributed by atoms with van der Waals surface area (Å²) in [6.45, 7) is 2.13. The van der Waals surface area contributed by atoms with Crippen molar-refractivity contribution >= 4 is 39.9 Å². The average molecular weight is 476 g/mol. The van der Waals surface area contributed by atoms with Crippen LogP contribution in [-0.4, -0.2) is 21.6 Å². The van der Waals surface area contributed by atoms with E-state index in [9.17, 15) is 4.79 Å². The second-order valence-electron chi connectivity index (χ2n) is 8.07. The highest BCUT2D eigenvalue weighted by atomic mass is 32.2. The molecule has 0 saturated heterocycles. The number of para-hydroxylation sites is 3. The minimum Gasteiger partial charge on any atom is -0.280 e. The second kappa shape index (κ2) is 10.5. The molecule has 0 aliphatic heterocycles. The molecule has 0 unspecified atom stereocenters. The van der Waals surface area contributed by atoms with Crippen molar-refractivity contribution in [1.82, 2.24) is 9.97 Å². The maximum Gasteiger partial charge on any atom is 0.241 e. The van der Waals surface area contributed by atoms with Crippen LogP contribution in [0.15, 0.2) is 114 Å². The summed E-state index contributed by atoms with van der Waals surface area (Å²) in [5.74, 6) is 0.921. The van der Waals surface area contributed by atoms with E-state index in [1.807, 2.05) is 103 Å². The summed E-state index contributed by atoms with van der Waals surface area (Å²) >= 11 is 1.46. The molecule has 0 spiro atoms. The van der Waals surface area contributed by atoms with Crippen molar-refractivity contribution in [2.75, 3.05) is 10.7 Å². The van der Waals surface area contributed by atoms with Gasteiger partial charge in [0.15, 0.2) is 5.82 Å². The van der Waals surface area contributed by atoms with Gasteiger partial charge in [0, 0.05) is 22.3 Å². The quantitative estimate of drug-likeness (QED) is 0.183. The summed E-state index contributed by atoms with van der Waals surface area (Å²) < 4.78 is 0. The lowest BCUT2D eigenvalue weighted by molar-refractivity contribution is -0.115. The van der Waals surface area contributed by atoms with E-state index in [1.54, 1.807) is 4.90 Å². The predicted molar refractivity (Wildman–Crippen MR) is 145 cm³/mol. The minimum atomic E-state index is -0.00734. The standard InChI is InChI=1S/C30H25N3OS/c1-2-22-15-12-20-26-28(22)31-29(23-13-6-3-7-14-23)32-30(26)35-21-27(34)33(24-16-8-4-9-17-24)25-18-10-5-11-19-25/h3-20H,2,21H2,1H3. The summed E-state index contributed by atoms with van der Waals surface area (Å²) in [6, 6.07) is 35.7. The molecule has 172 valence electrons. The zero-order valence-electron chi connectivity index (χ0n) is 19.5. The van der Waals surface area contributed by atoms with Gasteiger partial charge < -0.3 is 0 Å². The van der Waals surface area contributed by atoms with Crippen molar-refractivity contribution in [3.8, 4) is 11.4 Å². The fourth-order valence-corrected chi connectivity index (χ4v) is 4.94. The number of carbonyl (C=O) groups excluding carboxylic acids is 1. The van der Waals surface area contributed by atoms with Crippen LogP contribution in [0.4, 0.5) is 11.4 Å². The third kappa shape index (κ3) is 4.96. The summed E-state index contributed by atoms with van der Waals surface area (Å²) in [5.41, 5.74) is 4.76. The van der Waals surface area contributed by atoms with Gasteiger partial charge in [0.25, 0.3) is 0 Å². The molecular formula is C30H25N3OS. The third-order valence-electron chi connectivity index (χ3n) is 5.80. The number of carbonyl (C=O) groups is 1. The molecule has 5 aromatic rings. The first kappa shape index (κ1) is 22.8. The Morgan fingerprint density at radius 1 is 0.743 bits per heavy atom. The number of aryl methyl sites for hydroxylation is 1. The van der Waals surface area contributed by atoms with Crippen LogP contribution in [0.2, 0.25) is 0 Å². The highest BCUT2D eigenvalue weighted by Gasteiger charge is 2.20. The molecule has 0 saturated carbocycles. The Kier molecular flexibility index (Phi) is 6.87. The Balaban J connectivity index is 1.52. The molecule has 0 atom stereocenters. The van der Waals surface area contributed by atoms with Crippen molar-refractivity contribution in [1.29, 1.82) is 0 Å². The number of fused-ring (bicyclic) bond motifs is 1. The molecule has 5 rings (SSSR count). The van der Waals surface area contributed by atoms with Gasteiger partial charge in [0.05, 0.1) is 11.3 Å². The van der Waals surface area contributed by atoms with Gasteiger partial charge in [0.1, 0.15) is 5.03 Å². The summed E-state index contributed by atoms with van der Waals surface area (Å²) in [7, 11) is 0. The van der Waals surface area contributed by atoms with Crippen molar-refractivity contribution in [2.45, 2.75) is 18.4 Å². The van der Waals surface area contributed by atoms with Crippen LogP contribution in [0.5, 0.6) is 0 Å². The molecule has 1 aromatic heterocycles. The number of anilines is 2. The number of aromatic nitrogens is 2. The number of hydrogen-bond donors (Lipinski definition) is 0. The SMILES string of the molecule is CCc1cccc2c(SCC(=O)N(c3ccccc3)c3ccccc3)nc(-c3ccccc3)nc12. The Hall–Kier alpha value is -3.96. The van der Waals surface area contributed by atoms with Gasteiger partial charge in [-0.3, -0.25) is 9.69 Å². The molecule has 0 aliphatic rings. The number of benzene rings is 4. The number of nitrogens with zero attached hydrogens (tertiary/aromatic N) is 3. The van der Waals surface area contributed by atoms with E-state index in [0.29, 0.717) is 5.82 Å². The maximum absolute atomic E-state index is 13.6. The fraction of sp³-hybridized carbons (Fsp3) is 0.100. The lowest BCUT2D eigenvalue weighted by atomic mass is 10.1. The molecule has 5 heteroatoms. The summed E-state index contributed by atoms with van der Waals surface area (Å²) in [5, 5.41) is 1.80. The summed E-state index contributed by atoms with van der Waals surface area (Å²) in [4.78, 5) is 25.2. The van der Waals surface area contributed by atoms with Gasteiger partial charge in [0.2, 0.25) is 5.91 Å². The van der Waals surface area contributed by atoms with E-state index in [-0.39, 0.29) is 11.7 Å². The predicted octanol–water partition coefficient (Wildman–Crippen LogP) is 7.32. The van der Waals surface area contributed by atoms with Crippen LogP contribution in [0.3, 0.4) is 0 Å². The Morgan fingerprint density at radius 3 is 1.94 bits per heavy atom. The highest BCUT2D eigenvalue weighted by Crippen LogP contribution is 2.32. The molecule has 0 fully saturated rings. The molecule has 1 amide bonds. The van der Waals surface area contributed by atoms with Crippen LogP contribution >= 0.6 is 11.8 Å². The van der Waals surface area contributed by atoms with Crippen LogP contribution in [0, 0.1) is 0 Å². The van der Waals surface area contributed by atoms with Crippen molar-refractivity contribution in [2.24, 2.45) is 0 Å². The van der Waals surface area contributed by atoms with Crippen LogP contribution in [0.1, 0.15) is 12.5 Å². The molecule has 35 heavy (non-hydrogen) atoms. The van der Waals surface area contributed by atoms with E-state index in [0.717, 1.165) is 39.3 Å². The van der Waals surface area contributed by atoms with Crippen LogP contribution in [-0.2, 0) is 11.2 Å². The second-order valence-corrected chi connectivity index (χ2v) is 9.04. The first-order valence-corrected chi connectivity index (χ1v) is 12.6. The summed E-state index contributed by atoms with van der Waals surface area (Å²) in [6.07, 6.45) is 0.876. The Bertz CT molecular complexity index is 1400. The molecule has 0 N–H and O–H groups in total. The van der Waals surface area contributed by atoms with Gasteiger partial charge in [-0.1, -0.05) is 104 Å². The Morgan fingerprint density at radius 2 is 1.34 bits per heavy atom. The molecule has 1 heterocycles. The number of amides is 1. The van der Waals surface area contributed by atoms with E-state index in [1.165, 1.54) is 17.3 Å². The fourth-order valence-electron chi connectivity index (χ4n) is 4.08. The lowest BCUT2D eigenvalue weighted by Gasteiger charge is -2.23. The Labute approximate surface area is 209 Å². The first-order chi connectivity index (χ1) is 17.2. The molecule has 0 aliphatic carbocycles. The normalized spacial score (nSPS) is 10.9. The smallest absolute Gasteiger partial charge is 0.241 e. The number of rotatable bonds is 7. The maximum atomic E-state index is 13.6. The van der Waals surface area contributed by atoms with Gasteiger partial charge in [-0.05, 0) is 36.2 Å². The first-order valence-electron chi connectivity index (χ1n) is 11.7. The van der Waals surface area contributed by atoms with Gasteiger partial charge >= 0.3 is 0 Å². The van der Waals surface area contributed by atoms with E-state index >= 15 is 0 Å². The highest BCUT2D eigenvalue weighted by molar-refractivity contribution is 8.00. The van der Waals surface area contributed by atoms with Crippen molar-refractivity contribution in [3.05, 3.63) is 115 Å². The van der Waals surface area contributed by atoms with E-state index in [4.69, 9.17) is 9.97 Å². The number of hydrogen-bond acceptors (Lipinski definition) is 4. The monoisotopic (exact) mass is 475 g/mol. The molecule has 4 aromatic carbocycles. The topological polar surface area (TPSA) is 46.1 Å². The van der Waals surface area contributed by atoms with Crippen LogP contribution in [0.25, 0.3) is 22.3 Å². The van der Waals surface area contributed by atoms with Gasteiger partial charge in [-0.15, -0.1) is 0 Å².